The van der Waals surface area contributed by atoms with E-state index in [0.717, 1.165) is 6.07 Å². The summed E-state index contributed by atoms with van der Waals surface area (Å²) >= 11 is 1.17. The Morgan fingerprint density at radius 2 is 1.89 bits per heavy atom. The molecule has 0 aliphatic carbocycles. The Balaban J connectivity index is 1.59. The zero-order valence-corrected chi connectivity index (χ0v) is 16.2. The lowest BCUT2D eigenvalue weighted by molar-refractivity contribution is -0.121. The standard InChI is InChI=1S/C17H19F2N3O3S2/c1-12(17(23)20-15-5-4-13(18)11-14(15)19)21-6-8-22(9-7-21)27(24,25)16-3-2-10-26-16/h2-5,10-12H,6-9H2,1H3,(H,20,23)/t12-/m1/s1. The number of carbonyl (C=O) groups is 1. The molecule has 1 aliphatic rings. The molecule has 0 bridgehead atoms. The van der Waals surface area contributed by atoms with Gasteiger partial charge in [-0.05, 0) is 30.5 Å². The molecule has 6 nitrogen and oxygen atoms in total. The van der Waals surface area contributed by atoms with Gasteiger partial charge in [-0.1, -0.05) is 6.07 Å². The Morgan fingerprint density at radius 1 is 1.19 bits per heavy atom. The van der Waals surface area contributed by atoms with Gasteiger partial charge < -0.3 is 5.32 Å². The minimum atomic E-state index is -3.51. The van der Waals surface area contributed by atoms with Crippen LogP contribution in [0.3, 0.4) is 0 Å². The lowest BCUT2D eigenvalue weighted by atomic mass is 10.2. The smallest absolute Gasteiger partial charge is 0.252 e. The summed E-state index contributed by atoms with van der Waals surface area (Å²) in [6, 6.07) is 5.61. The predicted octanol–water partition coefficient (Wildman–Crippen LogP) is 2.36. The maximum absolute atomic E-state index is 13.7. The summed E-state index contributed by atoms with van der Waals surface area (Å²) in [5.41, 5.74) is -0.0906. The van der Waals surface area contributed by atoms with Gasteiger partial charge in [0, 0.05) is 32.2 Å². The summed E-state index contributed by atoms with van der Waals surface area (Å²) in [5, 5.41) is 4.16. The number of hydrogen-bond acceptors (Lipinski definition) is 5. The molecule has 3 rings (SSSR count). The summed E-state index contributed by atoms with van der Waals surface area (Å²) < 4.78 is 53.4. The van der Waals surface area contributed by atoms with Gasteiger partial charge >= 0.3 is 0 Å². The summed E-state index contributed by atoms with van der Waals surface area (Å²) in [4.78, 5) is 14.2. The van der Waals surface area contributed by atoms with Crippen LogP contribution in [0.25, 0.3) is 0 Å². The number of benzene rings is 1. The Labute approximate surface area is 160 Å². The van der Waals surface area contributed by atoms with Crippen molar-refractivity contribution in [2.75, 3.05) is 31.5 Å². The highest BCUT2D eigenvalue weighted by atomic mass is 32.2. The highest BCUT2D eigenvalue weighted by Gasteiger charge is 2.32. The van der Waals surface area contributed by atoms with E-state index in [-0.39, 0.29) is 18.8 Å². The van der Waals surface area contributed by atoms with E-state index in [0.29, 0.717) is 23.4 Å². The van der Waals surface area contributed by atoms with E-state index in [1.54, 1.807) is 24.4 Å². The molecule has 1 atom stereocenters. The maximum Gasteiger partial charge on any atom is 0.252 e. The van der Waals surface area contributed by atoms with Crippen molar-refractivity contribution < 1.29 is 22.0 Å². The number of rotatable bonds is 5. The fraction of sp³-hybridized carbons (Fsp3) is 0.353. The predicted molar refractivity (Wildman–Crippen MR) is 99.1 cm³/mol. The molecule has 0 spiro atoms. The van der Waals surface area contributed by atoms with E-state index in [4.69, 9.17) is 0 Å². The molecule has 1 fully saturated rings. The minimum absolute atomic E-state index is 0.0906. The lowest BCUT2D eigenvalue weighted by Crippen LogP contribution is -2.53. The first kappa shape index (κ1) is 19.9. The molecule has 1 aromatic carbocycles. The first-order valence-electron chi connectivity index (χ1n) is 8.32. The van der Waals surface area contributed by atoms with Gasteiger partial charge in [-0.25, -0.2) is 17.2 Å². The van der Waals surface area contributed by atoms with Gasteiger partial charge in [0.15, 0.2) is 0 Å². The lowest BCUT2D eigenvalue weighted by Gasteiger charge is -2.36. The summed E-state index contributed by atoms with van der Waals surface area (Å²) in [6.07, 6.45) is 0. The Morgan fingerprint density at radius 3 is 2.48 bits per heavy atom. The molecule has 1 amide bonds. The average Bonchev–Trinajstić information content (AvgIpc) is 3.19. The molecule has 1 aliphatic heterocycles. The van der Waals surface area contributed by atoms with Crippen LogP contribution in [0.15, 0.2) is 39.9 Å². The molecule has 27 heavy (non-hydrogen) atoms. The molecular formula is C17H19F2N3O3S2. The third-order valence-electron chi connectivity index (χ3n) is 4.48. The van der Waals surface area contributed by atoms with Crippen LogP contribution in [-0.4, -0.2) is 55.8 Å². The molecular weight excluding hydrogens is 396 g/mol. The first-order valence-corrected chi connectivity index (χ1v) is 10.6. The number of anilines is 1. The van der Waals surface area contributed by atoms with Crippen molar-refractivity contribution in [2.45, 2.75) is 17.2 Å². The van der Waals surface area contributed by atoms with Crippen LogP contribution in [-0.2, 0) is 14.8 Å². The fourth-order valence-corrected chi connectivity index (χ4v) is 5.43. The van der Waals surface area contributed by atoms with E-state index in [9.17, 15) is 22.0 Å². The zero-order chi connectivity index (χ0) is 19.6. The van der Waals surface area contributed by atoms with Gasteiger partial charge in [-0.2, -0.15) is 4.31 Å². The molecule has 1 N–H and O–H groups in total. The molecule has 10 heteroatoms. The third-order valence-corrected chi connectivity index (χ3v) is 7.75. The van der Waals surface area contributed by atoms with Crippen molar-refractivity contribution in [2.24, 2.45) is 0 Å². The minimum Gasteiger partial charge on any atom is -0.322 e. The van der Waals surface area contributed by atoms with Crippen molar-refractivity contribution in [3.8, 4) is 0 Å². The molecule has 146 valence electrons. The van der Waals surface area contributed by atoms with Gasteiger partial charge in [-0.3, -0.25) is 9.69 Å². The van der Waals surface area contributed by atoms with Crippen molar-refractivity contribution in [3.05, 3.63) is 47.3 Å². The summed E-state index contributed by atoms with van der Waals surface area (Å²) in [5.74, 6) is -2.00. The van der Waals surface area contributed by atoms with Crippen LogP contribution < -0.4 is 5.32 Å². The van der Waals surface area contributed by atoms with Crippen LogP contribution in [0.2, 0.25) is 0 Å². The quantitative estimate of drug-likeness (QED) is 0.814. The molecule has 1 saturated heterocycles. The highest BCUT2D eigenvalue weighted by Crippen LogP contribution is 2.23. The summed E-state index contributed by atoms with van der Waals surface area (Å²) in [6.45, 7) is 2.96. The summed E-state index contributed by atoms with van der Waals surface area (Å²) in [7, 11) is -3.51. The van der Waals surface area contributed by atoms with Crippen LogP contribution >= 0.6 is 11.3 Å². The van der Waals surface area contributed by atoms with Crippen LogP contribution in [0.4, 0.5) is 14.5 Å². The first-order chi connectivity index (χ1) is 12.8. The van der Waals surface area contributed by atoms with Crippen molar-refractivity contribution in [3.63, 3.8) is 0 Å². The highest BCUT2D eigenvalue weighted by molar-refractivity contribution is 7.91. The number of nitrogens with zero attached hydrogens (tertiary/aromatic N) is 2. The topological polar surface area (TPSA) is 69.7 Å². The van der Waals surface area contributed by atoms with E-state index < -0.39 is 33.6 Å². The molecule has 0 unspecified atom stereocenters. The second kappa shape index (κ2) is 8.01. The molecule has 1 aromatic heterocycles. The van der Waals surface area contributed by atoms with Gasteiger partial charge in [0.1, 0.15) is 15.8 Å². The zero-order valence-electron chi connectivity index (χ0n) is 14.6. The molecule has 2 aromatic rings. The SMILES string of the molecule is C[C@H](C(=O)Nc1ccc(F)cc1F)N1CCN(S(=O)(=O)c2cccs2)CC1. The van der Waals surface area contributed by atoms with Crippen molar-refractivity contribution in [1.82, 2.24) is 9.21 Å². The van der Waals surface area contributed by atoms with Gasteiger partial charge in [0.2, 0.25) is 5.91 Å². The molecule has 2 heterocycles. The number of amides is 1. The number of thiophene rings is 1. The van der Waals surface area contributed by atoms with Crippen LogP contribution in [0, 0.1) is 11.6 Å². The van der Waals surface area contributed by atoms with E-state index in [1.807, 2.05) is 4.90 Å². The van der Waals surface area contributed by atoms with Crippen molar-refractivity contribution in [1.29, 1.82) is 0 Å². The third kappa shape index (κ3) is 4.34. The maximum atomic E-state index is 13.7. The average molecular weight is 415 g/mol. The second-order valence-corrected chi connectivity index (χ2v) is 9.27. The van der Waals surface area contributed by atoms with E-state index >= 15 is 0 Å². The normalized spacial score (nSPS) is 17.6. The number of hydrogen-bond donors (Lipinski definition) is 1. The van der Waals surface area contributed by atoms with E-state index in [2.05, 4.69) is 5.32 Å². The molecule has 0 radical (unpaired) electrons. The molecule has 0 saturated carbocycles. The number of sulfonamides is 1. The second-order valence-electron chi connectivity index (χ2n) is 6.16. The van der Waals surface area contributed by atoms with Crippen LogP contribution in [0.1, 0.15) is 6.92 Å². The number of carbonyl (C=O) groups excluding carboxylic acids is 1. The number of halogens is 2. The largest absolute Gasteiger partial charge is 0.322 e. The fourth-order valence-electron chi connectivity index (χ4n) is 2.86. The van der Waals surface area contributed by atoms with Crippen molar-refractivity contribution >= 4 is 33.0 Å². The van der Waals surface area contributed by atoms with Gasteiger partial charge in [-0.15, -0.1) is 11.3 Å². The van der Waals surface area contributed by atoms with Gasteiger partial charge in [0.25, 0.3) is 10.0 Å². The monoisotopic (exact) mass is 415 g/mol. The van der Waals surface area contributed by atoms with Gasteiger partial charge in [0.05, 0.1) is 11.7 Å². The van der Waals surface area contributed by atoms with Crippen LogP contribution in [0.5, 0.6) is 0 Å². The number of nitrogens with one attached hydrogen (secondary N) is 1. The Hall–Kier alpha value is -1.88. The van der Waals surface area contributed by atoms with E-state index in [1.165, 1.54) is 21.7 Å². The number of piperazine rings is 1. The Kier molecular flexibility index (Phi) is 5.89. The Bertz CT molecular complexity index is 912.